The number of nitrogens with zero attached hydrogens (tertiary/aromatic N) is 1. The van der Waals surface area contributed by atoms with E-state index in [0.29, 0.717) is 6.42 Å². The Labute approximate surface area is 180 Å². The number of ether oxygens (including phenoxy) is 2. The minimum absolute atomic E-state index is 0.0713. The third kappa shape index (κ3) is 4.32. The Kier molecular flexibility index (Phi) is 5.41. The van der Waals surface area contributed by atoms with Gasteiger partial charge in [-0.3, -0.25) is 14.4 Å². The molecule has 0 aliphatic carbocycles. The van der Waals surface area contributed by atoms with Gasteiger partial charge in [0.2, 0.25) is 11.8 Å². The smallest absolute Gasteiger partial charge is 0.416 e. The number of hydrogen-bond acceptors (Lipinski definition) is 5. The van der Waals surface area contributed by atoms with Crippen molar-refractivity contribution in [2.24, 2.45) is 0 Å². The van der Waals surface area contributed by atoms with Gasteiger partial charge in [-0.1, -0.05) is 6.07 Å². The summed E-state index contributed by atoms with van der Waals surface area (Å²) in [7, 11) is 1.52. The van der Waals surface area contributed by atoms with Crippen molar-refractivity contribution in [2.75, 3.05) is 24.3 Å². The maximum atomic E-state index is 13.0. The summed E-state index contributed by atoms with van der Waals surface area (Å²) in [6, 6.07) is 6.41. The number of carbonyl (C=O) groups excluding carboxylic acids is 3. The highest BCUT2D eigenvalue weighted by Crippen LogP contribution is 2.41. The predicted octanol–water partition coefficient (Wildman–Crippen LogP) is 3.39. The van der Waals surface area contributed by atoms with Crippen molar-refractivity contribution in [3.8, 4) is 17.2 Å². The van der Waals surface area contributed by atoms with Crippen LogP contribution in [0.4, 0.5) is 24.5 Å². The van der Waals surface area contributed by atoms with E-state index < -0.39 is 29.6 Å². The van der Waals surface area contributed by atoms with E-state index >= 15 is 0 Å². The first-order valence-corrected chi connectivity index (χ1v) is 9.64. The molecule has 0 saturated carbocycles. The Morgan fingerprint density at radius 2 is 2.00 bits per heavy atom. The van der Waals surface area contributed by atoms with E-state index in [2.05, 4.69) is 10.6 Å². The maximum absolute atomic E-state index is 13.0. The number of likely N-dealkylation sites (N-methyl/N-ethyl adjacent to an activating group) is 1. The number of hydrogen-bond donors (Lipinski definition) is 2. The summed E-state index contributed by atoms with van der Waals surface area (Å²) < 4.78 is 50.0. The van der Waals surface area contributed by atoms with Crippen LogP contribution in [0.15, 0.2) is 36.4 Å². The quantitative estimate of drug-likeness (QED) is 0.746. The highest BCUT2D eigenvalue weighted by Gasteiger charge is 2.34. The molecule has 3 amide bonds. The largest absolute Gasteiger partial charge is 0.481 e. The van der Waals surface area contributed by atoms with Gasteiger partial charge >= 0.3 is 6.18 Å². The Bertz CT molecular complexity index is 1100. The molecular formula is C21H18F3N3O5. The number of benzene rings is 2. The topological polar surface area (TPSA) is 97.0 Å². The Hall–Kier alpha value is -3.76. The highest BCUT2D eigenvalue weighted by atomic mass is 19.4. The molecule has 1 fully saturated rings. The lowest BCUT2D eigenvalue weighted by molar-refractivity contribution is -0.137. The van der Waals surface area contributed by atoms with Crippen LogP contribution in [0, 0.1) is 0 Å². The number of anilines is 2. The van der Waals surface area contributed by atoms with Gasteiger partial charge < -0.3 is 25.0 Å². The minimum Gasteiger partial charge on any atom is -0.481 e. The first kappa shape index (κ1) is 21.5. The predicted molar refractivity (Wildman–Crippen MR) is 107 cm³/mol. The van der Waals surface area contributed by atoms with Gasteiger partial charge in [0.05, 0.1) is 11.3 Å². The molecule has 1 unspecified atom stereocenters. The second-order valence-electron chi connectivity index (χ2n) is 7.36. The standard InChI is InChI=1S/C21H18F3N3O5/c1-27-15(5-6-18(27)29)20(30)25-14-8-13(9-16-19(14)26-17(28)10-31-16)32-12-4-2-3-11(7-12)21(22,23)24/h2-4,7-9,15H,5-6,10H2,1H3,(H,25,30)(H,26,28). The first-order chi connectivity index (χ1) is 15.1. The number of amides is 3. The summed E-state index contributed by atoms with van der Waals surface area (Å²) in [5.74, 6) is -0.877. The van der Waals surface area contributed by atoms with E-state index in [1.165, 1.54) is 36.2 Å². The average molecular weight is 449 g/mol. The number of halogens is 3. The number of likely N-dealkylation sites (tertiary alicyclic amines) is 1. The zero-order valence-electron chi connectivity index (χ0n) is 16.8. The molecule has 0 aromatic heterocycles. The summed E-state index contributed by atoms with van der Waals surface area (Å²) in [6.07, 6.45) is -3.95. The maximum Gasteiger partial charge on any atom is 0.416 e. The number of nitrogens with one attached hydrogen (secondary N) is 2. The summed E-state index contributed by atoms with van der Waals surface area (Å²) in [5, 5.41) is 5.26. The monoisotopic (exact) mass is 449 g/mol. The fourth-order valence-electron chi connectivity index (χ4n) is 3.51. The van der Waals surface area contributed by atoms with Gasteiger partial charge in [-0.05, 0) is 24.6 Å². The SMILES string of the molecule is CN1C(=O)CCC1C(=O)Nc1cc(Oc2cccc(C(F)(F)F)c2)cc2c1NC(=O)CO2. The first-order valence-electron chi connectivity index (χ1n) is 9.64. The fraction of sp³-hybridized carbons (Fsp3) is 0.286. The molecule has 11 heteroatoms. The minimum atomic E-state index is -4.54. The van der Waals surface area contributed by atoms with Crippen LogP contribution in [-0.2, 0) is 20.6 Å². The molecule has 4 rings (SSSR count). The molecule has 2 aromatic rings. The van der Waals surface area contributed by atoms with Gasteiger partial charge in [0.25, 0.3) is 5.91 Å². The third-order valence-corrected chi connectivity index (χ3v) is 5.15. The van der Waals surface area contributed by atoms with Crippen LogP contribution in [0.1, 0.15) is 18.4 Å². The molecule has 2 aliphatic heterocycles. The number of carbonyl (C=O) groups is 3. The van der Waals surface area contributed by atoms with Gasteiger partial charge in [-0.25, -0.2) is 0 Å². The molecule has 2 heterocycles. The van der Waals surface area contributed by atoms with Crippen molar-refractivity contribution in [2.45, 2.75) is 25.1 Å². The van der Waals surface area contributed by atoms with Crippen LogP contribution in [0.2, 0.25) is 0 Å². The van der Waals surface area contributed by atoms with Crippen LogP contribution in [0.25, 0.3) is 0 Å². The summed E-state index contributed by atoms with van der Waals surface area (Å²) >= 11 is 0. The average Bonchev–Trinajstić information content (AvgIpc) is 3.07. The van der Waals surface area contributed by atoms with E-state index in [1.807, 2.05) is 0 Å². The van der Waals surface area contributed by atoms with Crippen molar-refractivity contribution < 1.29 is 37.0 Å². The molecule has 0 bridgehead atoms. The van der Waals surface area contributed by atoms with E-state index in [4.69, 9.17) is 9.47 Å². The molecule has 0 radical (unpaired) electrons. The molecule has 168 valence electrons. The second-order valence-corrected chi connectivity index (χ2v) is 7.36. The molecule has 1 saturated heterocycles. The fourth-order valence-corrected chi connectivity index (χ4v) is 3.51. The van der Waals surface area contributed by atoms with Gasteiger partial charge in [0, 0.05) is 25.6 Å². The van der Waals surface area contributed by atoms with E-state index in [0.717, 1.165) is 12.1 Å². The highest BCUT2D eigenvalue weighted by molar-refractivity contribution is 6.05. The van der Waals surface area contributed by atoms with E-state index in [9.17, 15) is 27.6 Å². The zero-order valence-corrected chi connectivity index (χ0v) is 16.8. The van der Waals surface area contributed by atoms with Gasteiger partial charge in [-0.15, -0.1) is 0 Å². The zero-order chi connectivity index (χ0) is 23.0. The van der Waals surface area contributed by atoms with Gasteiger partial charge in [0.15, 0.2) is 6.61 Å². The van der Waals surface area contributed by atoms with Crippen molar-refractivity contribution >= 4 is 29.1 Å². The molecule has 2 aliphatic rings. The summed E-state index contributed by atoms with van der Waals surface area (Å²) in [6.45, 7) is -0.271. The molecular weight excluding hydrogens is 431 g/mol. The van der Waals surface area contributed by atoms with Crippen LogP contribution in [0.3, 0.4) is 0 Å². The van der Waals surface area contributed by atoms with Crippen molar-refractivity contribution in [3.05, 3.63) is 42.0 Å². The lowest BCUT2D eigenvalue weighted by Crippen LogP contribution is -2.39. The third-order valence-electron chi connectivity index (χ3n) is 5.15. The molecule has 2 N–H and O–H groups in total. The van der Waals surface area contributed by atoms with Crippen LogP contribution < -0.4 is 20.1 Å². The van der Waals surface area contributed by atoms with Crippen molar-refractivity contribution in [1.29, 1.82) is 0 Å². The second kappa shape index (κ2) is 8.06. The molecule has 2 aromatic carbocycles. The van der Waals surface area contributed by atoms with Crippen LogP contribution in [-0.4, -0.2) is 42.3 Å². The van der Waals surface area contributed by atoms with Crippen molar-refractivity contribution in [3.63, 3.8) is 0 Å². The number of rotatable bonds is 4. The molecule has 1 atom stereocenters. The Balaban J connectivity index is 1.64. The summed E-state index contributed by atoms with van der Waals surface area (Å²) in [5.41, 5.74) is -0.549. The lowest BCUT2D eigenvalue weighted by atomic mass is 10.1. The Morgan fingerprint density at radius 3 is 2.69 bits per heavy atom. The van der Waals surface area contributed by atoms with Crippen LogP contribution >= 0.6 is 0 Å². The normalized spacial score (nSPS) is 18.0. The Morgan fingerprint density at radius 1 is 1.22 bits per heavy atom. The van der Waals surface area contributed by atoms with E-state index in [1.54, 1.807) is 0 Å². The molecule has 32 heavy (non-hydrogen) atoms. The van der Waals surface area contributed by atoms with Crippen LogP contribution in [0.5, 0.6) is 17.2 Å². The summed E-state index contributed by atoms with van der Waals surface area (Å²) in [4.78, 5) is 37.6. The van der Waals surface area contributed by atoms with Crippen molar-refractivity contribution in [1.82, 2.24) is 4.90 Å². The van der Waals surface area contributed by atoms with E-state index in [-0.39, 0.29) is 47.6 Å². The van der Waals surface area contributed by atoms with Gasteiger partial charge in [-0.2, -0.15) is 13.2 Å². The lowest BCUT2D eigenvalue weighted by Gasteiger charge is -2.24. The molecule has 0 spiro atoms. The number of fused-ring (bicyclic) bond motifs is 1. The number of alkyl halides is 3. The van der Waals surface area contributed by atoms with Gasteiger partial charge in [0.1, 0.15) is 29.0 Å². The molecule has 8 nitrogen and oxygen atoms in total.